The van der Waals surface area contributed by atoms with Crippen molar-refractivity contribution in [3.63, 3.8) is 0 Å². The Morgan fingerprint density at radius 3 is 2.47 bits per heavy atom. The second-order valence-electron chi connectivity index (χ2n) is 8.41. The molecule has 0 amide bonds. The number of rotatable bonds is 8. The van der Waals surface area contributed by atoms with Crippen molar-refractivity contribution in [1.29, 1.82) is 0 Å². The van der Waals surface area contributed by atoms with E-state index in [2.05, 4.69) is 15.9 Å². The normalized spacial score (nSPS) is 15.1. The van der Waals surface area contributed by atoms with Gasteiger partial charge in [0.25, 0.3) is 5.56 Å². The number of methoxy groups -OCH3 is 2. The number of aromatic nitrogens is 1. The summed E-state index contributed by atoms with van der Waals surface area (Å²) in [4.78, 5) is 44.2. The molecule has 3 aromatic rings. The Balaban J connectivity index is 1.98. The quantitative estimate of drug-likeness (QED) is 0.362. The Hall–Kier alpha value is -3.50. The molecule has 8 nitrogen and oxygen atoms in total. The highest BCUT2D eigenvalue weighted by molar-refractivity contribution is 9.10. The predicted octanol–water partition coefficient (Wildman–Crippen LogP) is 4.14. The molecule has 0 unspecified atom stereocenters. The number of fused-ring (bicyclic) bond motifs is 1. The van der Waals surface area contributed by atoms with E-state index in [4.69, 9.17) is 19.2 Å². The number of nitrogens with zero attached hydrogens (tertiary/aromatic N) is 2. The van der Waals surface area contributed by atoms with Gasteiger partial charge in [0.2, 0.25) is 0 Å². The van der Waals surface area contributed by atoms with Crippen LogP contribution in [0, 0.1) is 0 Å². The molecule has 1 atom stereocenters. The molecule has 1 aromatic heterocycles. The van der Waals surface area contributed by atoms with Gasteiger partial charge in [-0.15, -0.1) is 0 Å². The highest BCUT2D eigenvalue weighted by Gasteiger charge is 2.36. The average Bonchev–Trinajstić information content (AvgIpc) is 3.22. The lowest BCUT2D eigenvalue weighted by atomic mass is 9.93. The second-order valence-corrected chi connectivity index (χ2v) is 10.3. The van der Waals surface area contributed by atoms with Gasteiger partial charge < -0.3 is 14.2 Å². The molecule has 0 fully saturated rings. The third-order valence-electron chi connectivity index (χ3n) is 6.01. The first-order valence-electron chi connectivity index (χ1n) is 12.1. The van der Waals surface area contributed by atoms with Gasteiger partial charge in [-0.05, 0) is 55.3 Å². The Bertz CT molecular complexity index is 1590. The van der Waals surface area contributed by atoms with Crippen molar-refractivity contribution in [3.05, 3.63) is 94.6 Å². The minimum absolute atomic E-state index is 0.191. The molecule has 198 valence electrons. The average molecular weight is 600 g/mol. The van der Waals surface area contributed by atoms with Gasteiger partial charge in [-0.1, -0.05) is 52.7 Å². The molecule has 38 heavy (non-hydrogen) atoms. The van der Waals surface area contributed by atoms with Crippen LogP contribution in [0.2, 0.25) is 0 Å². The number of hydrogen-bond donors (Lipinski definition) is 0. The molecule has 0 aliphatic carbocycles. The molecule has 0 N–H and O–H groups in total. The summed E-state index contributed by atoms with van der Waals surface area (Å²) in [6, 6.07) is 11.5. The van der Waals surface area contributed by atoms with Crippen LogP contribution in [0.4, 0.5) is 0 Å². The number of carbonyl (C=O) groups is 2. The maximum atomic E-state index is 13.9. The summed E-state index contributed by atoms with van der Waals surface area (Å²) < 4.78 is 18.6. The van der Waals surface area contributed by atoms with Crippen LogP contribution in [-0.4, -0.2) is 37.3 Å². The van der Waals surface area contributed by atoms with E-state index in [-0.39, 0.29) is 12.2 Å². The van der Waals surface area contributed by atoms with Gasteiger partial charge in [0.1, 0.15) is 11.8 Å². The fraction of sp³-hybridized carbons (Fsp3) is 0.286. The van der Waals surface area contributed by atoms with E-state index in [9.17, 15) is 14.4 Å². The lowest BCUT2D eigenvalue weighted by molar-refractivity contribution is -0.139. The first-order chi connectivity index (χ1) is 18.3. The van der Waals surface area contributed by atoms with E-state index in [0.717, 1.165) is 16.5 Å². The van der Waals surface area contributed by atoms with Crippen LogP contribution in [0.3, 0.4) is 0 Å². The van der Waals surface area contributed by atoms with Gasteiger partial charge in [0.15, 0.2) is 4.80 Å². The lowest BCUT2D eigenvalue weighted by Gasteiger charge is -2.27. The van der Waals surface area contributed by atoms with Gasteiger partial charge in [0, 0.05) is 10.0 Å². The smallest absolute Gasteiger partial charge is 0.338 e. The Kier molecular flexibility index (Phi) is 8.63. The summed E-state index contributed by atoms with van der Waals surface area (Å²) in [6.07, 6.45) is 3.04. The van der Waals surface area contributed by atoms with Crippen molar-refractivity contribution >= 4 is 45.3 Å². The lowest BCUT2D eigenvalue weighted by Crippen LogP contribution is -2.40. The first-order valence-corrected chi connectivity index (χ1v) is 13.7. The van der Waals surface area contributed by atoms with E-state index in [1.165, 1.54) is 23.0 Å². The highest BCUT2D eigenvalue weighted by Crippen LogP contribution is 2.38. The zero-order valence-corrected chi connectivity index (χ0v) is 23.9. The number of ether oxygens (including phenoxy) is 3. The molecular weight excluding hydrogens is 572 g/mol. The maximum absolute atomic E-state index is 13.9. The van der Waals surface area contributed by atoms with E-state index in [0.29, 0.717) is 43.9 Å². The number of thiazole rings is 1. The molecule has 2 heterocycles. The molecular formula is C28H27BrN2O6S. The van der Waals surface area contributed by atoms with Gasteiger partial charge in [0.05, 0.1) is 42.2 Å². The summed E-state index contributed by atoms with van der Waals surface area (Å²) in [7, 11) is 2.88. The molecule has 4 rings (SSSR count). The third kappa shape index (κ3) is 5.37. The zero-order valence-electron chi connectivity index (χ0n) is 21.4. The van der Waals surface area contributed by atoms with Crippen molar-refractivity contribution < 1.29 is 23.8 Å². The number of allylic oxidation sites excluding steroid dienone is 1. The van der Waals surface area contributed by atoms with Crippen LogP contribution in [0.1, 0.15) is 54.2 Å². The zero-order chi connectivity index (χ0) is 27.4. The summed E-state index contributed by atoms with van der Waals surface area (Å²) >= 11 is 4.76. The molecule has 10 heteroatoms. The number of hydrogen-bond acceptors (Lipinski definition) is 8. The Morgan fingerprint density at radius 2 is 1.84 bits per heavy atom. The van der Waals surface area contributed by atoms with Crippen LogP contribution in [0.25, 0.3) is 6.08 Å². The summed E-state index contributed by atoms with van der Waals surface area (Å²) in [5, 5.41) is 0. The molecule has 0 saturated carbocycles. The van der Waals surface area contributed by atoms with Crippen LogP contribution < -0.4 is 19.6 Å². The fourth-order valence-electron chi connectivity index (χ4n) is 4.32. The van der Waals surface area contributed by atoms with Crippen LogP contribution in [0.5, 0.6) is 5.75 Å². The number of benzene rings is 2. The van der Waals surface area contributed by atoms with Crippen LogP contribution >= 0.6 is 27.3 Å². The summed E-state index contributed by atoms with van der Waals surface area (Å²) in [5.41, 5.74) is 2.41. The second kappa shape index (κ2) is 11.9. The molecule has 2 aromatic carbocycles. The molecule has 0 bridgehead atoms. The van der Waals surface area contributed by atoms with Crippen molar-refractivity contribution in [2.24, 2.45) is 4.99 Å². The SMILES string of the molecule is CCCC1=C(C(=O)OCC)[C@H](c2cc(Br)ccc2OC)n2c(s/c(=C/c3ccc(C(=O)OC)cc3)c2=O)=N1. The van der Waals surface area contributed by atoms with Crippen molar-refractivity contribution in [1.82, 2.24) is 4.57 Å². The maximum Gasteiger partial charge on any atom is 0.338 e. The number of halogens is 1. The molecule has 0 radical (unpaired) electrons. The van der Waals surface area contributed by atoms with Gasteiger partial charge in [-0.25, -0.2) is 14.6 Å². The minimum atomic E-state index is -0.789. The monoisotopic (exact) mass is 598 g/mol. The van der Waals surface area contributed by atoms with Gasteiger partial charge in [-0.2, -0.15) is 0 Å². The predicted molar refractivity (Wildman–Crippen MR) is 148 cm³/mol. The van der Waals surface area contributed by atoms with E-state index in [1.54, 1.807) is 50.4 Å². The minimum Gasteiger partial charge on any atom is -0.496 e. The highest BCUT2D eigenvalue weighted by atomic mass is 79.9. The third-order valence-corrected chi connectivity index (χ3v) is 7.48. The van der Waals surface area contributed by atoms with Crippen LogP contribution in [-0.2, 0) is 14.3 Å². The number of carbonyl (C=O) groups excluding carboxylic acids is 2. The molecule has 1 aliphatic heterocycles. The largest absolute Gasteiger partial charge is 0.496 e. The van der Waals surface area contributed by atoms with E-state index < -0.39 is 18.0 Å². The van der Waals surface area contributed by atoms with Crippen LogP contribution in [0.15, 0.2) is 68.0 Å². The Morgan fingerprint density at radius 1 is 1.11 bits per heavy atom. The summed E-state index contributed by atoms with van der Waals surface area (Å²) in [5.74, 6) is -0.418. The first kappa shape index (κ1) is 27.5. The fourth-order valence-corrected chi connectivity index (χ4v) is 5.72. The topological polar surface area (TPSA) is 96.2 Å². The summed E-state index contributed by atoms with van der Waals surface area (Å²) in [6.45, 7) is 3.94. The van der Waals surface area contributed by atoms with Crippen molar-refractivity contribution in [3.8, 4) is 5.75 Å². The van der Waals surface area contributed by atoms with E-state index in [1.807, 2.05) is 19.1 Å². The Labute approximate surface area is 232 Å². The molecule has 0 saturated heterocycles. The standard InChI is InChI=1S/C28H27BrN2O6S/c1-5-7-20-23(27(34)37-6-2)24(19-15-18(29)12-13-21(19)35-3)31-25(32)22(38-28(31)30-20)14-16-8-10-17(11-9-16)26(33)36-4/h8-15,24H,5-7H2,1-4H3/b22-14+/t24-/m0/s1. The van der Waals surface area contributed by atoms with Gasteiger partial charge >= 0.3 is 11.9 Å². The molecule has 0 spiro atoms. The number of esters is 2. The van der Waals surface area contributed by atoms with Crippen molar-refractivity contribution in [2.45, 2.75) is 32.7 Å². The van der Waals surface area contributed by atoms with E-state index >= 15 is 0 Å². The van der Waals surface area contributed by atoms with Gasteiger partial charge in [-0.3, -0.25) is 9.36 Å². The molecule has 1 aliphatic rings. The van der Waals surface area contributed by atoms with Crippen molar-refractivity contribution in [2.75, 3.05) is 20.8 Å².